The highest BCUT2D eigenvalue weighted by Gasteiger charge is 2.28. The molecule has 1 fully saturated rings. The summed E-state index contributed by atoms with van der Waals surface area (Å²) >= 11 is 0. The lowest BCUT2D eigenvalue weighted by atomic mass is 10.1. The summed E-state index contributed by atoms with van der Waals surface area (Å²) in [4.78, 5) is 17.8. The van der Waals surface area contributed by atoms with E-state index < -0.39 is 0 Å². The number of amides is 1. The highest BCUT2D eigenvalue weighted by atomic mass is 16.5. The average molecular weight is 236 g/mol. The van der Waals surface area contributed by atoms with Gasteiger partial charge in [-0.1, -0.05) is 0 Å². The van der Waals surface area contributed by atoms with E-state index in [-0.39, 0.29) is 24.7 Å². The number of carbonyl (C=O) groups is 1. The van der Waals surface area contributed by atoms with Crippen molar-refractivity contribution in [2.75, 3.05) is 19.7 Å². The van der Waals surface area contributed by atoms with Gasteiger partial charge in [-0.15, -0.1) is 0 Å². The van der Waals surface area contributed by atoms with E-state index in [2.05, 4.69) is 4.98 Å². The molecule has 0 aromatic carbocycles. The number of ether oxygens (including phenoxy) is 1. The summed E-state index contributed by atoms with van der Waals surface area (Å²) in [6.07, 6.45) is 2.86. The maximum absolute atomic E-state index is 12.2. The molecule has 1 aromatic rings. The van der Waals surface area contributed by atoms with Crippen LogP contribution in [0.1, 0.15) is 17.3 Å². The minimum Gasteiger partial charge on any atom is -0.394 e. The number of pyridine rings is 1. The Hall–Kier alpha value is -1.46. The molecule has 5 heteroatoms. The largest absolute Gasteiger partial charge is 0.394 e. The van der Waals surface area contributed by atoms with Crippen LogP contribution >= 0.6 is 0 Å². The van der Waals surface area contributed by atoms with E-state index in [0.29, 0.717) is 18.7 Å². The second-order valence-corrected chi connectivity index (χ2v) is 4.20. The van der Waals surface area contributed by atoms with E-state index in [0.717, 1.165) is 0 Å². The number of aliphatic hydroxyl groups excluding tert-OH is 1. The quantitative estimate of drug-likeness (QED) is 0.802. The standard InChI is InChI=1S/C12H16N2O3/c1-9-6-14(7-11(8-15)17-9)12(16)10-2-4-13-5-3-10/h2-5,9,11,15H,6-8H2,1H3. The molecule has 1 saturated heterocycles. The van der Waals surface area contributed by atoms with Gasteiger partial charge in [0.1, 0.15) is 0 Å². The number of rotatable bonds is 2. The van der Waals surface area contributed by atoms with E-state index >= 15 is 0 Å². The molecule has 5 nitrogen and oxygen atoms in total. The summed E-state index contributed by atoms with van der Waals surface area (Å²) in [7, 11) is 0. The molecule has 0 aliphatic carbocycles. The van der Waals surface area contributed by atoms with Gasteiger partial charge in [0.05, 0.1) is 18.8 Å². The van der Waals surface area contributed by atoms with Gasteiger partial charge in [0.15, 0.2) is 0 Å². The van der Waals surface area contributed by atoms with Crippen molar-refractivity contribution in [2.24, 2.45) is 0 Å². The van der Waals surface area contributed by atoms with Crippen molar-refractivity contribution in [1.29, 1.82) is 0 Å². The van der Waals surface area contributed by atoms with Crippen LogP contribution in [-0.4, -0.2) is 52.8 Å². The molecule has 0 radical (unpaired) electrons. The molecule has 2 atom stereocenters. The van der Waals surface area contributed by atoms with E-state index in [4.69, 9.17) is 9.84 Å². The van der Waals surface area contributed by atoms with Gasteiger partial charge in [-0.05, 0) is 19.1 Å². The minimum atomic E-state index is -0.287. The fraction of sp³-hybridized carbons (Fsp3) is 0.500. The van der Waals surface area contributed by atoms with Gasteiger partial charge >= 0.3 is 0 Å². The maximum Gasteiger partial charge on any atom is 0.254 e. The Morgan fingerprint density at radius 1 is 1.53 bits per heavy atom. The van der Waals surface area contributed by atoms with Crippen LogP contribution in [0.4, 0.5) is 0 Å². The SMILES string of the molecule is CC1CN(C(=O)c2ccncc2)CC(CO)O1. The molecule has 2 unspecified atom stereocenters. The predicted molar refractivity (Wildman–Crippen MR) is 61.6 cm³/mol. The number of morpholine rings is 1. The number of hydrogen-bond acceptors (Lipinski definition) is 4. The lowest BCUT2D eigenvalue weighted by Gasteiger charge is -2.36. The first-order valence-corrected chi connectivity index (χ1v) is 5.66. The predicted octanol–water partition coefficient (Wildman–Crippen LogP) is 0.303. The zero-order valence-corrected chi connectivity index (χ0v) is 9.74. The second kappa shape index (κ2) is 5.25. The number of hydrogen-bond donors (Lipinski definition) is 1. The molecular formula is C12H16N2O3. The highest BCUT2D eigenvalue weighted by Crippen LogP contribution is 2.13. The van der Waals surface area contributed by atoms with Crippen LogP contribution in [0.25, 0.3) is 0 Å². The van der Waals surface area contributed by atoms with Crippen LogP contribution in [0.3, 0.4) is 0 Å². The molecule has 1 aliphatic rings. The van der Waals surface area contributed by atoms with Crippen LogP contribution in [0.15, 0.2) is 24.5 Å². The third-order valence-corrected chi connectivity index (χ3v) is 2.74. The third kappa shape index (κ3) is 2.81. The molecule has 0 spiro atoms. The number of aliphatic hydroxyl groups is 1. The third-order valence-electron chi connectivity index (χ3n) is 2.74. The second-order valence-electron chi connectivity index (χ2n) is 4.20. The normalized spacial score (nSPS) is 24.7. The molecule has 2 rings (SSSR count). The van der Waals surface area contributed by atoms with Crippen LogP contribution in [0.2, 0.25) is 0 Å². The molecule has 2 heterocycles. The summed E-state index contributed by atoms with van der Waals surface area (Å²) in [6.45, 7) is 2.82. The first kappa shape index (κ1) is 12.0. The highest BCUT2D eigenvalue weighted by molar-refractivity contribution is 5.94. The molecule has 1 aromatic heterocycles. The molecule has 1 aliphatic heterocycles. The van der Waals surface area contributed by atoms with Crippen molar-refractivity contribution in [3.05, 3.63) is 30.1 Å². The summed E-state index contributed by atoms with van der Waals surface area (Å²) < 4.78 is 5.50. The summed E-state index contributed by atoms with van der Waals surface area (Å²) in [5.41, 5.74) is 0.616. The fourth-order valence-corrected chi connectivity index (χ4v) is 1.99. The van der Waals surface area contributed by atoms with Crippen molar-refractivity contribution >= 4 is 5.91 Å². The molecule has 0 bridgehead atoms. The van der Waals surface area contributed by atoms with Gasteiger partial charge < -0.3 is 14.7 Å². The number of aromatic nitrogens is 1. The summed E-state index contributed by atoms with van der Waals surface area (Å²) in [5.74, 6) is -0.0407. The van der Waals surface area contributed by atoms with Crippen molar-refractivity contribution in [1.82, 2.24) is 9.88 Å². The number of carbonyl (C=O) groups excluding carboxylic acids is 1. The van der Waals surface area contributed by atoms with E-state index in [9.17, 15) is 4.79 Å². The molecular weight excluding hydrogens is 220 g/mol. The Kier molecular flexibility index (Phi) is 3.71. The summed E-state index contributed by atoms with van der Waals surface area (Å²) in [5, 5.41) is 9.11. The fourth-order valence-electron chi connectivity index (χ4n) is 1.99. The maximum atomic E-state index is 12.2. The van der Waals surface area contributed by atoms with Crippen LogP contribution in [0.5, 0.6) is 0 Å². The van der Waals surface area contributed by atoms with Gasteiger partial charge in [-0.3, -0.25) is 9.78 Å². The van der Waals surface area contributed by atoms with Gasteiger partial charge in [0.25, 0.3) is 5.91 Å². The first-order valence-electron chi connectivity index (χ1n) is 5.66. The van der Waals surface area contributed by atoms with Crippen molar-refractivity contribution < 1.29 is 14.6 Å². The Balaban J connectivity index is 2.09. The summed E-state index contributed by atoms with van der Waals surface area (Å²) in [6, 6.07) is 3.38. The van der Waals surface area contributed by atoms with Crippen LogP contribution in [0, 0.1) is 0 Å². The average Bonchev–Trinajstić information content (AvgIpc) is 2.38. The molecule has 0 saturated carbocycles. The zero-order valence-electron chi connectivity index (χ0n) is 9.74. The molecule has 1 N–H and O–H groups in total. The topological polar surface area (TPSA) is 62.7 Å². The van der Waals surface area contributed by atoms with Crippen molar-refractivity contribution in [3.63, 3.8) is 0 Å². The van der Waals surface area contributed by atoms with Crippen molar-refractivity contribution in [2.45, 2.75) is 19.1 Å². The Labute approximate surface area is 100 Å². The lowest BCUT2D eigenvalue weighted by Crippen LogP contribution is -2.50. The van der Waals surface area contributed by atoms with Gasteiger partial charge in [0, 0.05) is 31.0 Å². The Morgan fingerprint density at radius 3 is 2.88 bits per heavy atom. The number of nitrogens with zero attached hydrogens (tertiary/aromatic N) is 2. The minimum absolute atomic E-state index is 0.0407. The Bertz CT molecular complexity index is 383. The van der Waals surface area contributed by atoms with Crippen LogP contribution < -0.4 is 0 Å². The van der Waals surface area contributed by atoms with E-state index in [1.54, 1.807) is 29.4 Å². The first-order chi connectivity index (χ1) is 8.20. The van der Waals surface area contributed by atoms with Gasteiger partial charge in [-0.25, -0.2) is 0 Å². The molecule has 1 amide bonds. The van der Waals surface area contributed by atoms with Gasteiger partial charge in [-0.2, -0.15) is 0 Å². The van der Waals surface area contributed by atoms with Crippen molar-refractivity contribution in [3.8, 4) is 0 Å². The van der Waals surface area contributed by atoms with Crippen LogP contribution in [-0.2, 0) is 4.74 Å². The smallest absolute Gasteiger partial charge is 0.254 e. The monoisotopic (exact) mass is 236 g/mol. The molecule has 17 heavy (non-hydrogen) atoms. The Morgan fingerprint density at radius 2 is 2.24 bits per heavy atom. The van der Waals surface area contributed by atoms with E-state index in [1.165, 1.54) is 0 Å². The lowest BCUT2D eigenvalue weighted by molar-refractivity contribution is -0.0858. The van der Waals surface area contributed by atoms with Gasteiger partial charge in [0.2, 0.25) is 0 Å². The van der Waals surface area contributed by atoms with E-state index in [1.807, 2.05) is 6.92 Å². The zero-order chi connectivity index (χ0) is 12.3. The molecule has 92 valence electrons.